The first kappa shape index (κ1) is 22.3. The van der Waals surface area contributed by atoms with Gasteiger partial charge in [0.25, 0.3) is 0 Å². The quantitative estimate of drug-likeness (QED) is 0.170. The van der Waals surface area contributed by atoms with E-state index in [9.17, 15) is 22.0 Å². The van der Waals surface area contributed by atoms with Gasteiger partial charge in [-0.1, -0.05) is 36.1 Å². The van der Waals surface area contributed by atoms with Gasteiger partial charge in [-0.25, -0.2) is 22.0 Å². The smallest absolute Gasteiger partial charge is 0.159 e. The summed E-state index contributed by atoms with van der Waals surface area (Å²) in [4.78, 5) is 0. The molecule has 0 bridgehead atoms. The SMILES string of the molecule is C=CCCc1ccc(-c2cc(F)c(C#Cc3ccc4cc(F)c(F)cc4c3)c(F)c2)c(F)c1. The Morgan fingerprint density at radius 2 is 1.36 bits per heavy atom. The third kappa shape index (κ3) is 4.80. The Bertz CT molecular complexity index is 1420. The minimum atomic E-state index is -0.999. The van der Waals surface area contributed by atoms with Crippen molar-refractivity contribution in [3.63, 3.8) is 0 Å². The minimum absolute atomic E-state index is 0.0616. The van der Waals surface area contributed by atoms with Crippen molar-refractivity contribution in [2.24, 2.45) is 0 Å². The standard InChI is InChI=1S/C28H17F5/c1-2-3-4-17-6-9-22(24(29)12-17)21-15-25(30)23(26(31)16-21)10-7-18-5-8-19-13-27(32)28(33)14-20(19)11-18/h2,5-6,8-9,11-16H,1,3-4H2. The van der Waals surface area contributed by atoms with Gasteiger partial charge in [0, 0.05) is 11.1 Å². The molecule has 0 aliphatic rings. The van der Waals surface area contributed by atoms with Gasteiger partial charge in [-0.3, -0.25) is 0 Å². The number of rotatable bonds is 4. The number of fused-ring (bicyclic) bond motifs is 1. The minimum Gasteiger partial charge on any atom is -0.206 e. The Balaban J connectivity index is 1.65. The molecule has 0 radical (unpaired) electrons. The first-order valence-electron chi connectivity index (χ1n) is 10.2. The number of halogens is 5. The molecule has 0 fully saturated rings. The van der Waals surface area contributed by atoms with Crippen molar-refractivity contribution in [2.75, 3.05) is 0 Å². The van der Waals surface area contributed by atoms with Crippen molar-refractivity contribution in [3.8, 4) is 23.0 Å². The van der Waals surface area contributed by atoms with Crippen LogP contribution in [-0.2, 0) is 6.42 Å². The van der Waals surface area contributed by atoms with Crippen LogP contribution in [0.5, 0.6) is 0 Å². The summed E-state index contributed by atoms with van der Waals surface area (Å²) in [5.74, 6) is 0.684. The van der Waals surface area contributed by atoms with Crippen molar-refractivity contribution in [3.05, 3.63) is 119 Å². The van der Waals surface area contributed by atoms with E-state index in [1.807, 2.05) is 0 Å². The normalized spacial score (nSPS) is 10.7. The predicted octanol–water partition coefficient (Wildman–Crippen LogP) is 7.72. The fourth-order valence-corrected chi connectivity index (χ4v) is 3.52. The van der Waals surface area contributed by atoms with Gasteiger partial charge in [0.05, 0.1) is 5.56 Å². The van der Waals surface area contributed by atoms with Gasteiger partial charge in [0.1, 0.15) is 17.5 Å². The van der Waals surface area contributed by atoms with Crippen LogP contribution >= 0.6 is 0 Å². The van der Waals surface area contributed by atoms with E-state index in [4.69, 9.17) is 0 Å². The maximum atomic E-state index is 14.7. The fraction of sp³-hybridized carbons (Fsp3) is 0.0714. The van der Waals surface area contributed by atoms with Crippen molar-refractivity contribution < 1.29 is 22.0 Å². The molecule has 4 aromatic carbocycles. The van der Waals surface area contributed by atoms with Gasteiger partial charge in [-0.05, 0) is 77.2 Å². The van der Waals surface area contributed by atoms with Gasteiger partial charge in [-0.15, -0.1) is 6.58 Å². The number of hydrogen-bond donors (Lipinski definition) is 0. The molecular weight excluding hydrogens is 431 g/mol. The van der Waals surface area contributed by atoms with Gasteiger partial charge >= 0.3 is 0 Å². The largest absolute Gasteiger partial charge is 0.206 e. The molecule has 0 unspecified atom stereocenters. The lowest BCUT2D eigenvalue weighted by atomic mass is 9.99. The van der Waals surface area contributed by atoms with Gasteiger partial charge < -0.3 is 0 Å². The molecule has 4 aromatic rings. The molecule has 5 heteroatoms. The van der Waals surface area contributed by atoms with Gasteiger partial charge in [-0.2, -0.15) is 0 Å². The van der Waals surface area contributed by atoms with E-state index in [0.717, 1.165) is 29.8 Å². The first-order chi connectivity index (χ1) is 15.9. The van der Waals surface area contributed by atoms with Crippen molar-refractivity contribution >= 4 is 10.8 Å². The van der Waals surface area contributed by atoms with E-state index in [2.05, 4.69) is 18.4 Å². The van der Waals surface area contributed by atoms with Crippen LogP contribution in [0, 0.1) is 40.9 Å². The Kier molecular flexibility index (Phi) is 6.28. The lowest BCUT2D eigenvalue weighted by Crippen LogP contribution is -1.95. The summed E-state index contributed by atoms with van der Waals surface area (Å²) in [6.07, 6.45) is 3.04. The molecule has 0 saturated heterocycles. The van der Waals surface area contributed by atoms with Crippen molar-refractivity contribution in [1.82, 2.24) is 0 Å². The first-order valence-corrected chi connectivity index (χ1v) is 10.2. The van der Waals surface area contributed by atoms with Crippen LogP contribution in [0.3, 0.4) is 0 Å². The average Bonchev–Trinajstić information content (AvgIpc) is 2.78. The summed E-state index contributed by atoms with van der Waals surface area (Å²) in [5, 5.41) is 0.878. The molecular formula is C28H17F5. The molecule has 0 aliphatic heterocycles. The molecule has 164 valence electrons. The summed E-state index contributed by atoms with van der Waals surface area (Å²) in [7, 11) is 0. The molecule has 0 atom stereocenters. The molecule has 0 aliphatic carbocycles. The highest BCUT2D eigenvalue weighted by atomic mass is 19.2. The Morgan fingerprint density at radius 3 is 2.03 bits per heavy atom. The molecule has 4 rings (SSSR count). The van der Waals surface area contributed by atoms with Crippen LogP contribution in [-0.4, -0.2) is 0 Å². The van der Waals surface area contributed by atoms with Crippen LogP contribution in [0.2, 0.25) is 0 Å². The Labute approximate surface area is 188 Å². The Hall–Kier alpha value is -3.91. The second-order valence-corrected chi connectivity index (χ2v) is 7.53. The maximum absolute atomic E-state index is 14.7. The van der Waals surface area contributed by atoms with Crippen LogP contribution in [0.15, 0.2) is 73.3 Å². The summed E-state index contributed by atoms with van der Waals surface area (Å²) in [6, 6.07) is 13.3. The maximum Gasteiger partial charge on any atom is 0.159 e. The topological polar surface area (TPSA) is 0 Å². The zero-order valence-electron chi connectivity index (χ0n) is 17.4. The van der Waals surface area contributed by atoms with Crippen molar-refractivity contribution in [1.29, 1.82) is 0 Å². The van der Waals surface area contributed by atoms with Crippen molar-refractivity contribution in [2.45, 2.75) is 12.8 Å². The van der Waals surface area contributed by atoms with E-state index >= 15 is 0 Å². The second kappa shape index (κ2) is 9.30. The summed E-state index contributed by atoms with van der Waals surface area (Å²) in [6.45, 7) is 3.63. The molecule has 0 N–H and O–H groups in total. The highest BCUT2D eigenvalue weighted by molar-refractivity contribution is 5.84. The summed E-state index contributed by atoms with van der Waals surface area (Å²) in [5.41, 5.74) is 0.812. The molecule has 0 amide bonds. The van der Waals surface area contributed by atoms with Gasteiger partial charge in [0.2, 0.25) is 0 Å². The van der Waals surface area contributed by atoms with Crippen LogP contribution in [0.4, 0.5) is 22.0 Å². The zero-order chi connectivity index (χ0) is 23.5. The van der Waals surface area contributed by atoms with E-state index < -0.39 is 34.6 Å². The number of allylic oxidation sites excluding steroid dienone is 1. The van der Waals surface area contributed by atoms with Crippen LogP contribution in [0.25, 0.3) is 21.9 Å². The number of benzene rings is 4. The lowest BCUT2D eigenvalue weighted by molar-refractivity contribution is 0.511. The monoisotopic (exact) mass is 448 g/mol. The zero-order valence-corrected chi connectivity index (χ0v) is 17.4. The van der Waals surface area contributed by atoms with E-state index in [1.54, 1.807) is 24.3 Å². The molecule has 0 heterocycles. The number of aryl methyl sites for hydroxylation is 1. The molecule has 33 heavy (non-hydrogen) atoms. The molecule has 0 spiro atoms. The van der Waals surface area contributed by atoms with Gasteiger partial charge in [0.15, 0.2) is 11.6 Å². The molecule has 0 saturated carbocycles. The fourth-order valence-electron chi connectivity index (χ4n) is 3.52. The average molecular weight is 448 g/mol. The van der Waals surface area contributed by atoms with E-state index in [-0.39, 0.29) is 11.1 Å². The highest BCUT2D eigenvalue weighted by Crippen LogP contribution is 2.28. The third-order valence-corrected chi connectivity index (χ3v) is 5.23. The van der Waals surface area contributed by atoms with Crippen LogP contribution < -0.4 is 0 Å². The van der Waals surface area contributed by atoms with Crippen LogP contribution in [0.1, 0.15) is 23.1 Å². The third-order valence-electron chi connectivity index (χ3n) is 5.23. The summed E-state index contributed by atoms with van der Waals surface area (Å²) >= 11 is 0. The number of hydrogen-bond acceptors (Lipinski definition) is 0. The predicted molar refractivity (Wildman–Crippen MR) is 120 cm³/mol. The molecule has 0 aromatic heterocycles. The molecule has 0 nitrogen and oxygen atoms in total. The second-order valence-electron chi connectivity index (χ2n) is 7.53. The van der Waals surface area contributed by atoms with E-state index in [0.29, 0.717) is 29.2 Å². The highest BCUT2D eigenvalue weighted by Gasteiger charge is 2.14. The Morgan fingerprint density at radius 1 is 0.667 bits per heavy atom. The van der Waals surface area contributed by atoms with E-state index in [1.165, 1.54) is 18.2 Å². The summed E-state index contributed by atoms with van der Waals surface area (Å²) < 4.78 is 70.7. The lowest BCUT2D eigenvalue weighted by Gasteiger charge is -2.08.